The number of nitro groups is 1. The van der Waals surface area contributed by atoms with Gasteiger partial charge in [-0.1, -0.05) is 41.7 Å². The molecule has 0 amide bonds. The van der Waals surface area contributed by atoms with E-state index in [2.05, 4.69) is 15.2 Å². The Hall–Kier alpha value is -2.45. The maximum atomic E-state index is 11.3. The number of rotatable bonds is 6. The predicted molar refractivity (Wildman–Crippen MR) is 91.1 cm³/mol. The summed E-state index contributed by atoms with van der Waals surface area (Å²) in [6, 6.07) is 10.1. The molecule has 2 heterocycles. The van der Waals surface area contributed by atoms with Crippen molar-refractivity contribution in [2.24, 2.45) is 0 Å². The smallest absolute Gasteiger partial charge is 0.361 e. The van der Waals surface area contributed by atoms with Gasteiger partial charge in [-0.2, -0.15) is 9.38 Å². The van der Waals surface area contributed by atoms with Gasteiger partial charge in [-0.15, -0.1) is 0 Å². The zero-order valence-electron chi connectivity index (χ0n) is 12.8. The molecular weight excluding hydrogens is 314 g/mol. The van der Waals surface area contributed by atoms with Gasteiger partial charge in [0.15, 0.2) is 0 Å². The molecule has 1 atom stereocenters. The summed E-state index contributed by atoms with van der Waals surface area (Å²) < 4.78 is 1.50. The molecule has 0 fully saturated rings. The minimum Gasteiger partial charge on any atom is -0.361 e. The molecule has 23 heavy (non-hydrogen) atoms. The second-order valence-electron chi connectivity index (χ2n) is 5.37. The van der Waals surface area contributed by atoms with Crippen molar-refractivity contribution >= 4 is 27.9 Å². The molecule has 0 spiro atoms. The lowest BCUT2D eigenvalue weighted by Crippen LogP contribution is -2.27. The van der Waals surface area contributed by atoms with Gasteiger partial charge in [-0.25, -0.2) is 0 Å². The monoisotopic (exact) mass is 331 g/mol. The van der Waals surface area contributed by atoms with Gasteiger partial charge in [-0.3, -0.25) is 0 Å². The Morgan fingerprint density at radius 2 is 2.13 bits per heavy atom. The summed E-state index contributed by atoms with van der Waals surface area (Å²) in [5, 5.41) is 16.3. The molecule has 0 saturated heterocycles. The lowest BCUT2D eigenvalue weighted by molar-refractivity contribution is -0.389. The SMILES string of the molecule is CN(C)C(CNc1nc2sccn2c1[N+](=O)[O-])c1ccccc1. The van der Waals surface area contributed by atoms with E-state index in [-0.39, 0.29) is 11.9 Å². The first-order valence-electron chi connectivity index (χ1n) is 7.13. The van der Waals surface area contributed by atoms with Crippen LogP contribution < -0.4 is 5.32 Å². The molecule has 0 saturated carbocycles. The topological polar surface area (TPSA) is 75.7 Å². The third-order valence-corrected chi connectivity index (χ3v) is 4.44. The van der Waals surface area contributed by atoms with Gasteiger partial charge in [-0.05, 0) is 24.6 Å². The number of likely N-dealkylation sites (N-methyl/N-ethyl adjacent to an activating group) is 1. The van der Waals surface area contributed by atoms with Gasteiger partial charge in [0.1, 0.15) is 6.20 Å². The van der Waals surface area contributed by atoms with E-state index in [9.17, 15) is 10.1 Å². The predicted octanol–water partition coefficient (Wildman–Crippen LogP) is 3.02. The number of hydrogen-bond donors (Lipinski definition) is 1. The number of hydrogen-bond acceptors (Lipinski definition) is 6. The molecule has 7 nitrogen and oxygen atoms in total. The van der Waals surface area contributed by atoms with Gasteiger partial charge in [0.2, 0.25) is 5.82 Å². The summed E-state index contributed by atoms with van der Waals surface area (Å²) >= 11 is 1.37. The molecule has 1 unspecified atom stereocenters. The largest absolute Gasteiger partial charge is 0.372 e. The molecule has 3 rings (SSSR count). The van der Waals surface area contributed by atoms with Crippen molar-refractivity contribution in [1.82, 2.24) is 14.3 Å². The van der Waals surface area contributed by atoms with Crippen LogP contribution in [0.1, 0.15) is 11.6 Å². The summed E-state index contributed by atoms with van der Waals surface area (Å²) in [4.78, 5) is 18.0. The standard InChI is InChI=1S/C15H17N5O2S/c1-18(2)12(11-6-4-3-5-7-11)10-16-13-14(20(21)22)19-8-9-23-15(19)17-13/h3-9,12,16H,10H2,1-2H3. The molecule has 120 valence electrons. The Morgan fingerprint density at radius 3 is 2.78 bits per heavy atom. The summed E-state index contributed by atoms with van der Waals surface area (Å²) in [6.45, 7) is 0.530. The zero-order valence-corrected chi connectivity index (χ0v) is 13.7. The number of thiazole rings is 1. The first-order valence-corrected chi connectivity index (χ1v) is 8.01. The third-order valence-electron chi connectivity index (χ3n) is 3.68. The van der Waals surface area contributed by atoms with Crippen LogP contribution in [0.5, 0.6) is 0 Å². The van der Waals surface area contributed by atoms with Gasteiger partial charge in [0.05, 0.1) is 6.04 Å². The van der Waals surface area contributed by atoms with Gasteiger partial charge in [0, 0.05) is 11.9 Å². The highest BCUT2D eigenvalue weighted by atomic mass is 32.1. The van der Waals surface area contributed by atoms with E-state index in [1.54, 1.807) is 11.6 Å². The van der Waals surface area contributed by atoms with Crippen LogP contribution in [0.4, 0.5) is 11.6 Å². The number of fused-ring (bicyclic) bond motifs is 1. The number of nitrogens with one attached hydrogen (secondary N) is 1. The second-order valence-corrected chi connectivity index (χ2v) is 6.24. The Labute approximate surface area is 137 Å². The summed E-state index contributed by atoms with van der Waals surface area (Å²) in [7, 11) is 3.97. The summed E-state index contributed by atoms with van der Waals surface area (Å²) in [5.74, 6) is 0.288. The summed E-state index contributed by atoms with van der Waals surface area (Å²) in [6.07, 6.45) is 1.66. The van der Waals surface area contributed by atoms with Crippen molar-refractivity contribution in [3.8, 4) is 0 Å². The van der Waals surface area contributed by atoms with Crippen LogP contribution in [-0.4, -0.2) is 39.8 Å². The van der Waals surface area contributed by atoms with Crippen LogP contribution in [0.3, 0.4) is 0 Å². The highest BCUT2D eigenvalue weighted by Crippen LogP contribution is 2.29. The molecule has 1 N–H and O–H groups in total. The van der Waals surface area contributed by atoms with Crippen molar-refractivity contribution in [1.29, 1.82) is 0 Å². The van der Waals surface area contributed by atoms with Crippen LogP contribution in [-0.2, 0) is 0 Å². The Bertz CT molecular complexity index is 812. The molecule has 0 aliphatic carbocycles. The van der Waals surface area contributed by atoms with Crippen LogP contribution in [0.25, 0.3) is 4.96 Å². The Kier molecular flexibility index (Phi) is 4.26. The second kappa shape index (κ2) is 6.35. The first kappa shape index (κ1) is 15.4. The minimum atomic E-state index is -0.401. The van der Waals surface area contributed by atoms with Crippen molar-refractivity contribution in [3.05, 3.63) is 57.6 Å². The average molecular weight is 331 g/mol. The average Bonchev–Trinajstić information content (AvgIpc) is 3.08. The maximum absolute atomic E-state index is 11.3. The molecular formula is C15H17N5O2S. The van der Waals surface area contributed by atoms with Crippen LogP contribution >= 0.6 is 11.3 Å². The quantitative estimate of drug-likeness (QED) is 0.555. The number of benzene rings is 1. The van der Waals surface area contributed by atoms with Crippen LogP contribution in [0.15, 0.2) is 41.9 Å². The fourth-order valence-electron chi connectivity index (χ4n) is 2.53. The van der Waals surface area contributed by atoms with Crippen molar-refractivity contribution in [3.63, 3.8) is 0 Å². The highest BCUT2D eigenvalue weighted by Gasteiger charge is 2.24. The molecule has 3 aromatic rings. The van der Waals surface area contributed by atoms with E-state index < -0.39 is 4.92 Å². The number of aromatic nitrogens is 2. The fourth-order valence-corrected chi connectivity index (χ4v) is 3.24. The van der Waals surface area contributed by atoms with E-state index in [0.29, 0.717) is 17.3 Å². The van der Waals surface area contributed by atoms with Crippen LogP contribution in [0.2, 0.25) is 0 Å². The molecule has 0 bridgehead atoms. The normalized spacial score (nSPS) is 12.7. The Balaban J connectivity index is 1.85. The molecule has 0 radical (unpaired) electrons. The lowest BCUT2D eigenvalue weighted by atomic mass is 10.1. The number of nitrogens with zero attached hydrogens (tertiary/aromatic N) is 4. The van der Waals surface area contributed by atoms with Gasteiger partial charge < -0.3 is 20.3 Å². The van der Waals surface area contributed by atoms with Crippen LogP contribution in [0, 0.1) is 10.1 Å². The minimum absolute atomic E-state index is 0.0215. The van der Waals surface area contributed by atoms with Crippen molar-refractivity contribution < 1.29 is 4.92 Å². The highest BCUT2D eigenvalue weighted by molar-refractivity contribution is 7.15. The van der Waals surface area contributed by atoms with E-state index in [1.807, 2.05) is 44.4 Å². The van der Waals surface area contributed by atoms with E-state index in [1.165, 1.54) is 15.7 Å². The van der Waals surface area contributed by atoms with E-state index in [4.69, 9.17) is 0 Å². The lowest BCUT2D eigenvalue weighted by Gasteiger charge is -2.24. The van der Waals surface area contributed by atoms with E-state index in [0.717, 1.165) is 5.56 Å². The number of imidazole rings is 1. The molecule has 0 aliphatic rings. The number of anilines is 1. The Morgan fingerprint density at radius 1 is 1.39 bits per heavy atom. The molecule has 0 aliphatic heterocycles. The molecule has 2 aromatic heterocycles. The van der Waals surface area contributed by atoms with Gasteiger partial charge in [0.25, 0.3) is 4.96 Å². The van der Waals surface area contributed by atoms with Gasteiger partial charge >= 0.3 is 5.82 Å². The summed E-state index contributed by atoms with van der Waals surface area (Å²) in [5.41, 5.74) is 1.15. The fraction of sp³-hybridized carbons (Fsp3) is 0.267. The zero-order chi connectivity index (χ0) is 16.4. The maximum Gasteiger partial charge on any atom is 0.372 e. The van der Waals surface area contributed by atoms with Crippen molar-refractivity contribution in [2.45, 2.75) is 6.04 Å². The molecule has 1 aromatic carbocycles. The first-order chi connectivity index (χ1) is 11.1. The van der Waals surface area contributed by atoms with E-state index >= 15 is 0 Å². The molecule has 8 heteroatoms. The van der Waals surface area contributed by atoms with Crippen molar-refractivity contribution in [2.75, 3.05) is 26.0 Å². The third kappa shape index (κ3) is 3.03.